The van der Waals surface area contributed by atoms with Crippen LogP contribution in [0.25, 0.3) is 109 Å². The summed E-state index contributed by atoms with van der Waals surface area (Å²) in [5.74, 6) is 0. The Kier molecular flexibility index (Phi) is 4.24. The summed E-state index contributed by atoms with van der Waals surface area (Å²) < 4.78 is 67.5. The molecule has 10 aromatic carbocycles. The second-order valence-corrected chi connectivity index (χ2v) is 12.7. The Balaban J connectivity index is 1.18. The first-order valence-corrected chi connectivity index (χ1v) is 16.4. The molecule has 0 aliphatic rings. The average Bonchev–Trinajstić information content (AvgIpc) is 3.62. The van der Waals surface area contributed by atoms with Crippen LogP contribution in [0.2, 0.25) is 0 Å². The zero-order valence-corrected chi connectivity index (χ0v) is 26.0. The molecule has 1 aromatic heterocycles. The van der Waals surface area contributed by atoms with Crippen molar-refractivity contribution in [2.75, 3.05) is 0 Å². The Morgan fingerprint density at radius 3 is 1.88 bits per heavy atom. The van der Waals surface area contributed by atoms with Gasteiger partial charge < -0.3 is 4.42 Å². The molecule has 0 saturated heterocycles. The molecule has 0 fully saturated rings. The van der Waals surface area contributed by atoms with E-state index in [0.29, 0.717) is 5.56 Å². The maximum absolute atomic E-state index is 9.09. The summed E-state index contributed by atoms with van der Waals surface area (Å²) in [6, 6.07) is 41.2. The van der Waals surface area contributed by atoms with Gasteiger partial charge >= 0.3 is 0 Å². The fourth-order valence-corrected chi connectivity index (χ4v) is 7.92. The van der Waals surface area contributed by atoms with Crippen LogP contribution < -0.4 is 0 Å². The second kappa shape index (κ2) is 10.0. The number of fused-ring (bicyclic) bond motifs is 5. The van der Waals surface area contributed by atoms with Gasteiger partial charge in [-0.1, -0.05) is 158 Å². The Morgan fingerprint density at radius 2 is 1.04 bits per heavy atom. The molecule has 226 valence electrons. The van der Waals surface area contributed by atoms with Gasteiger partial charge in [0.15, 0.2) is 0 Å². The highest BCUT2D eigenvalue weighted by Crippen LogP contribution is 2.46. The van der Waals surface area contributed by atoms with Crippen molar-refractivity contribution in [2.45, 2.75) is 0 Å². The molecule has 0 N–H and O–H groups in total. The predicted octanol–water partition coefficient (Wildman–Crippen LogP) is 13.8. The standard InChI is InChI=1S/C48H28O/c1-2-10-33-28-34(19-18-29(33)8-1)36-13-6-16-43-47-40(15-7-17-44(47)49-48(36)43)39-25-21-32-22-26-41-38(24-20-31-23-27-42(39)46(32)45(31)41)37-14-5-11-30-9-3-4-12-35(30)37/h1-28H/i3D,4D,5D,9D,11D,12D,14D. The molecule has 0 radical (unpaired) electrons. The molecule has 0 aliphatic carbocycles. The van der Waals surface area contributed by atoms with E-state index in [9.17, 15) is 0 Å². The topological polar surface area (TPSA) is 13.1 Å². The third kappa shape index (κ3) is 3.82. The lowest BCUT2D eigenvalue weighted by Gasteiger charge is -2.17. The van der Waals surface area contributed by atoms with Crippen molar-refractivity contribution in [3.05, 3.63) is 170 Å². The molecule has 1 nitrogen and oxygen atoms in total. The van der Waals surface area contributed by atoms with Crippen LogP contribution >= 0.6 is 0 Å². The van der Waals surface area contributed by atoms with Gasteiger partial charge in [-0.05, 0) is 93.8 Å². The zero-order chi connectivity index (χ0) is 38.1. The summed E-state index contributed by atoms with van der Waals surface area (Å²) in [4.78, 5) is 0. The normalized spacial score (nSPS) is 14.1. The van der Waals surface area contributed by atoms with E-state index < -0.39 is 12.1 Å². The quantitative estimate of drug-likeness (QED) is 0.178. The fourth-order valence-electron chi connectivity index (χ4n) is 7.92. The van der Waals surface area contributed by atoms with Crippen molar-refractivity contribution in [2.24, 2.45) is 0 Å². The minimum absolute atomic E-state index is 0.0517. The lowest BCUT2D eigenvalue weighted by molar-refractivity contribution is 0.670. The average molecular weight is 628 g/mol. The summed E-state index contributed by atoms with van der Waals surface area (Å²) >= 11 is 0. The van der Waals surface area contributed by atoms with E-state index in [1.54, 1.807) is 0 Å². The number of furan rings is 1. The first kappa shape index (κ1) is 20.7. The lowest BCUT2D eigenvalue weighted by atomic mass is 9.86. The van der Waals surface area contributed by atoms with Crippen molar-refractivity contribution in [3.8, 4) is 33.4 Å². The van der Waals surface area contributed by atoms with Crippen molar-refractivity contribution in [1.82, 2.24) is 0 Å². The summed E-state index contributed by atoms with van der Waals surface area (Å²) in [6.07, 6.45) is 0. The Bertz CT molecular complexity index is 3500. The summed E-state index contributed by atoms with van der Waals surface area (Å²) in [5.41, 5.74) is 6.61. The van der Waals surface area contributed by atoms with Crippen LogP contribution in [0.4, 0.5) is 0 Å². The number of hydrogen-bond donors (Lipinski definition) is 0. The molecule has 0 spiro atoms. The van der Waals surface area contributed by atoms with E-state index in [1.807, 2.05) is 42.5 Å². The molecule has 11 aromatic rings. The molecule has 0 unspecified atom stereocenters. The Hall–Kier alpha value is -6.44. The maximum atomic E-state index is 9.09. The SMILES string of the molecule is [2H]c1c([2H])c([2H])c2c(-c3ccc4ccc5c(-c6cccc7oc8c(-c9ccc%10ccccc%10c9)cccc8c67)ccc6ccc3c4c65)c([2H])c([2H])c([2H])c2c1[2H]. The number of benzene rings is 10. The summed E-state index contributed by atoms with van der Waals surface area (Å²) in [5, 5.41) is 10.3. The molecule has 49 heavy (non-hydrogen) atoms. The Morgan fingerprint density at radius 1 is 0.367 bits per heavy atom. The van der Waals surface area contributed by atoms with E-state index in [2.05, 4.69) is 84.9 Å². The third-order valence-corrected chi connectivity index (χ3v) is 10.1. The smallest absolute Gasteiger partial charge is 0.143 e. The van der Waals surface area contributed by atoms with Crippen LogP contribution in [-0.2, 0) is 0 Å². The van der Waals surface area contributed by atoms with Gasteiger partial charge in [0.25, 0.3) is 0 Å². The molecule has 0 amide bonds. The molecule has 0 saturated carbocycles. The Labute approximate surface area is 292 Å². The first-order chi connectivity index (χ1) is 27.2. The van der Waals surface area contributed by atoms with Gasteiger partial charge in [0.2, 0.25) is 0 Å². The maximum Gasteiger partial charge on any atom is 0.143 e. The van der Waals surface area contributed by atoms with E-state index in [-0.39, 0.29) is 46.5 Å². The molecular formula is C48H28O. The van der Waals surface area contributed by atoms with Gasteiger partial charge in [-0.2, -0.15) is 0 Å². The van der Waals surface area contributed by atoms with E-state index >= 15 is 0 Å². The molecule has 1 heteroatoms. The van der Waals surface area contributed by atoms with Crippen molar-refractivity contribution in [1.29, 1.82) is 0 Å². The predicted molar refractivity (Wildman–Crippen MR) is 209 cm³/mol. The lowest BCUT2D eigenvalue weighted by Crippen LogP contribution is -1.90. The zero-order valence-electron chi connectivity index (χ0n) is 33.0. The number of rotatable bonds is 3. The largest absolute Gasteiger partial charge is 0.455 e. The van der Waals surface area contributed by atoms with Crippen molar-refractivity contribution < 1.29 is 14.0 Å². The van der Waals surface area contributed by atoms with Gasteiger partial charge in [0, 0.05) is 16.3 Å². The minimum Gasteiger partial charge on any atom is -0.455 e. The monoisotopic (exact) mass is 627 g/mol. The van der Waals surface area contributed by atoms with Gasteiger partial charge in [-0.15, -0.1) is 0 Å². The molecule has 0 bridgehead atoms. The minimum atomic E-state index is -0.465. The number of para-hydroxylation sites is 1. The molecule has 11 rings (SSSR count). The van der Waals surface area contributed by atoms with Gasteiger partial charge in [0.1, 0.15) is 11.2 Å². The van der Waals surface area contributed by atoms with E-state index in [4.69, 9.17) is 14.0 Å². The molecule has 0 aliphatic heterocycles. The van der Waals surface area contributed by atoms with Gasteiger partial charge in [-0.3, -0.25) is 0 Å². The molecule has 1 heterocycles. The number of hydrogen-bond acceptors (Lipinski definition) is 1. The van der Waals surface area contributed by atoms with Crippen LogP contribution in [0.15, 0.2) is 174 Å². The van der Waals surface area contributed by atoms with Gasteiger partial charge in [0.05, 0.1) is 9.60 Å². The van der Waals surface area contributed by atoms with Crippen LogP contribution in [0.1, 0.15) is 9.60 Å². The van der Waals surface area contributed by atoms with Crippen molar-refractivity contribution in [3.63, 3.8) is 0 Å². The van der Waals surface area contributed by atoms with Crippen molar-refractivity contribution >= 4 is 75.8 Å². The second-order valence-electron chi connectivity index (χ2n) is 12.7. The summed E-state index contributed by atoms with van der Waals surface area (Å²) in [7, 11) is 0. The van der Waals surface area contributed by atoms with Gasteiger partial charge in [-0.25, -0.2) is 0 Å². The van der Waals surface area contributed by atoms with Crippen LogP contribution in [0, 0.1) is 0 Å². The van der Waals surface area contributed by atoms with Crippen LogP contribution in [-0.4, -0.2) is 0 Å². The van der Waals surface area contributed by atoms with E-state index in [1.165, 1.54) is 10.8 Å². The van der Waals surface area contributed by atoms with E-state index in [0.717, 1.165) is 76.5 Å². The van der Waals surface area contributed by atoms with Crippen LogP contribution in [0.5, 0.6) is 0 Å². The van der Waals surface area contributed by atoms with Crippen LogP contribution in [0.3, 0.4) is 0 Å². The summed E-state index contributed by atoms with van der Waals surface area (Å²) in [6.45, 7) is 0. The fraction of sp³-hybridized carbons (Fsp3) is 0. The molecular weight excluding hydrogens is 593 g/mol. The highest BCUT2D eigenvalue weighted by Gasteiger charge is 2.20. The molecule has 0 atom stereocenters. The highest BCUT2D eigenvalue weighted by molar-refractivity contribution is 6.29. The third-order valence-electron chi connectivity index (χ3n) is 10.1. The highest BCUT2D eigenvalue weighted by atomic mass is 16.3. The first-order valence-electron chi connectivity index (χ1n) is 19.9.